The first-order valence-electron chi connectivity index (χ1n) is 6.94. The van der Waals surface area contributed by atoms with E-state index in [2.05, 4.69) is 0 Å². The van der Waals surface area contributed by atoms with E-state index >= 15 is 0 Å². The maximum absolute atomic E-state index is 12.5. The van der Waals surface area contributed by atoms with Crippen LogP contribution in [0.15, 0.2) is 29.2 Å². The van der Waals surface area contributed by atoms with Gasteiger partial charge in [-0.2, -0.15) is 4.31 Å². The summed E-state index contributed by atoms with van der Waals surface area (Å²) in [4.78, 5) is 0.218. The van der Waals surface area contributed by atoms with Crippen LogP contribution in [0.1, 0.15) is 12.8 Å². The minimum Gasteiger partial charge on any atom is -0.491 e. The Labute approximate surface area is 125 Å². The highest BCUT2D eigenvalue weighted by atomic mass is 32.2. The van der Waals surface area contributed by atoms with Crippen molar-refractivity contribution in [1.82, 2.24) is 4.31 Å². The molecule has 0 saturated carbocycles. The molecule has 1 aliphatic heterocycles. The zero-order valence-corrected chi connectivity index (χ0v) is 12.9. The van der Waals surface area contributed by atoms with Crippen molar-refractivity contribution in [3.05, 3.63) is 24.3 Å². The molecule has 2 rings (SSSR count). The fourth-order valence-corrected chi connectivity index (χ4v) is 3.75. The number of methoxy groups -OCH3 is 1. The summed E-state index contributed by atoms with van der Waals surface area (Å²) in [6.45, 7) is 1.51. The summed E-state index contributed by atoms with van der Waals surface area (Å²) in [5.74, 6) is 0.602. The average molecular weight is 315 g/mol. The summed E-state index contributed by atoms with van der Waals surface area (Å²) in [5.41, 5.74) is 0. The molecule has 118 valence electrons. The lowest BCUT2D eigenvalue weighted by Crippen LogP contribution is -2.42. The van der Waals surface area contributed by atoms with Crippen molar-refractivity contribution in [2.24, 2.45) is 0 Å². The number of aliphatic hydroxyl groups is 1. The molecule has 0 spiro atoms. The molecule has 1 saturated heterocycles. The summed E-state index contributed by atoms with van der Waals surface area (Å²) < 4.78 is 36.5. The Hall–Kier alpha value is -1.15. The van der Waals surface area contributed by atoms with E-state index in [9.17, 15) is 13.5 Å². The molecule has 0 radical (unpaired) electrons. The van der Waals surface area contributed by atoms with Gasteiger partial charge >= 0.3 is 0 Å². The van der Waals surface area contributed by atoms with Crippen molar-refractivity contribution in [2.45, 2.75) is 23.8 Å². The van der Waals surface area contributed by atoms with Crippen LogP contribution < -0.4 is 4.74 Å². The Balaban J connectivity index is 2.06. The topological polar surface area (TPSA) is 76.1 Å². The molecule has 6 nitrogen and oxygen atoms in total. The fourth-order valence-electron chi connectivity index (χ4n) is 2.24. The smallest absolute Gasteiger partial charge is 0.243 e. The van der Waals surface area contributed by atoms with E-state index in [1.54, 1.807) is 19.2 Å². The van der Waals surface area contributed by atoms with Crippen LogP contribution in [0.2, 0.25) is 0 Å². The Morgan fingerprint density at radius 3 is 2.62 bits per heavy atom. The molecule has 0 aliphatic carbocycles. The van der Waals surface area contributed by atoms with Crippen LogP contribution in [0.4, 0.5) is 0 Å². The molecule has 1 aliphatic rings. The zero-order chi connectivity index (χ0) is 15.3. The lowest BCUT2D eigenvalue weighted by molar-refractivity contribution is 0.108. The van der Waals surface area contributed by atoms with Crippen molar-refractivity contribution in [1.29, 1.82) is 0 Å². The summed E-state index contributed by atoms with van der Waals surface area (Å²) in [6.07, 6.45) is 0.752. The highest BCUT2D eigenvalue weighted by Crippen LogP contribution is 2.22. The minimum absolute atomic E-state index is 0.161. The molecule has 21 heavy (non-hydrogen) atoms. The monoisotopic (exact) mass is 315 g/mol. The summed E-state index contributed by atoms with van der Waals surface area (Å²) in [5, 5.41) is 9.62. The van der Waals surface area contributed by atoms with E-state index in [0.717, 1.165) is 0 Å². The summed E-state index contributed by atoms with van der Waals surface area (Å²) in [6, 6.07) is 6.31. The van der Waals surface area contributed by atoms with Crippen LogP contribution in [0.25, 0.3) is 0 Å². The molecule has 7 heteroatoms. The van der Waals surface area contributed by atoms with Crippen molar-refractivity contribution in [3.8, 4) is 5.75 Å². The molecule has 1 heterocycles. The van der Waals surface area contributed by atoms with Crippen LogP contribution in [-0.2, 0) is 14.8 Å². The van der Waals surface area contributed by atoms with Crippen molar-refractivity contribution < 1.29 is 23.0 Å². The predicted molar refractivity (Wildman–Crippen MR) is 77.8 cm³/mol. The maximum atomic E-state index is 12.5. The van der Waals surface area contributed by atoms with Crippen LogP contribution in [0, 0.1) is 0 Å². The van der Waals surface area contributed by atoms with E-state index in [1.807, 2.05) is 0 Å². The van der Waals surface area contributed by atoms with Gasteiger partial charge in [-0.15, -0.1) is 0 Å². The highest BCUT2D eigenvalue weighted by Gasteiger charge is 2.29. The average Bonchev–Trinajstić information content (AvgIpc) is 2.48. The van der Waals surface area contributed by atoms with Gasteiger partial charge < -0.3 is 14.6 Å². The summed E-state index contributed by atoms with van der Waals surface area (Å²) in [7, 11) is -1.95. The number of rotatable bonds is 6. The van der Waals surface area contributed by atoms with E-state index in [1.165, 1.54) is 16.4 Å². The molecule has 0 bridgehead atoms. The van der Waals surface area contributed by atoms with E-state index in [0.29, 0.717) is 38.3 Å². The number of β-amino-alcohol motifs (C(OH)–C–C–N with tert-alkyl or cyclic N) is 1. The Morgan fingerprint density at radius 1 is 1.29 bits per heavy atom. The highest BCUT2D eigenvalue weighted by molar-refractivity contribution is 7.89. The lowest BCUT2D eigenvalue weighted by atomic mass is 10.1. The van der Waals surface area contributed by atoms with Crippen LogP contribution in [0.3, 0.4) is 0 Å². The Morgan fingerprint density at radius 2 is 2.00 bits per heavy atom. The van der Waals surface area contributed by atoms with Crippen molar-refractivity contribution in [3.63, 3.8) is 0 Å². The van der Waals surface area contributed by atoms with Crippen LogP contribution in [-0.4, -0.2) is 57.3 Å². The molecular weight excluding hydrogens is 294 g/mol. The van der Waals surface area contributed by atoms with Gasteiger partial charge in [0, 0.05) is 20.2 Å². The normalized spacial score (nSPS) is 20.4. The van der Waals surface area contributed by atoms with Gasteiger partial charge in [0.05, 0.1) is 17.6 Å². The van der Waals surface area contributed by atoms with Gasteiger partial charge in [-0.1, -0.05) is 0 Å². The minimum atomic E-state index is -3.54. The number of piperidine rings is 1. The van der Waals surface area contributed by atoms with Gasteiger partial charge in [0.1, 0.15) is 12.4 Å². The Bertz CT molecular complexity index is 543. The summed E-state index contributed by atoms with van der Waals surface area (Å²) >= 11 is 0. The second-order valence-corrected chi connectivity index (χ2v) is 6.91. The number of nitrogens with zero attached hydrogens (tertiary/aromatic N) is 1. The molecule has 1 fully saturated rings. The van der Waals surface area contributed by atoms with Crippen molar-refractivity contribution >= 4 is 10.0 Å². The fraction of sp³-hybridized carbons (Fsp3) is 0.571. The van der Waals surface area contributed by atoms with Gasteiger partial charge in [-0.25, -0.2) is 8.42 Å². The van der Waals surface area contributed by atoms with Crippen LogP contribution in [0.5, 0.6) is 5.75 Å². The predicted octanol–water partition coefficient (Wildman–Crippen LogP) is 0.857. The standard InChI is InChI=1S/C14H21NO5S/c1-19-9-10-20-13-4-6-14(7-5-13)21(17,18)15-8-2-3-12(16)11-15/h4-7,12,16H,2-3,8-11H2,1H3/t12-/m0/s1. The molecule has 1 N–H and O–H groups in total. The first kappa shape index (κ1) is 16.2. The maximum Gasteiger partial charge on any atom is 0.243 e. The zero-order valence-electron chi connectivity index (χ0n) is 12.1. The van der Waals surface area contributed by atoms with Gasteiger partial charge in [0.2, 0.25) is 10.0 Å². The number of hydrogen-bond acceptors (Lipinski definition) is 5. The van der Waals surface area contributed by atoms with Crippen molar-refractivity contribution in [2.75, 3.05) is 33.4 Å². The molecule has 1 aromatic rings. The third kappa shape index (κ3) is 4.16. The van der Waals surface area contributed by atoms with Gasteiger partial charge in [0.15, 0.2) is 0 Å². The SMILES string of the molecule is COCCOc1ccc(S(=O)(=O)N2CCC[C@H](O)C2)cc1. The van der Waals surface area contributed by atoms with Gasteiger partial charge in [-0.3, -0.25) is 0 Å². The molecule has 0 aromatic heterocycles. The van der Waals surface area contributed by atoms with E-state index in [4.69, 9.17) is 9.47 Å². The number of ether oxygens (including phenoxy) is 2. The Kier molecular flexibility index (Phi) is 5.58. The second-order valence-electron chi connectivity index (χ2n) is 4.97. The lowest BCUT2D eigenvalue weighted by Gasteiger charge is -2.29. The van der Waals surface area contributed by atoms with Crippen LogP contribution >= 0.6 is 0 Å². The number of aliphatic hydroxyl groups excluding tert-OH is 1. The first-order valence-corrected chi connectivity index (χ1v) is 8.38. The number of benzene rings is 1. The third-order valence-electron chi connectivity index (χ3n) is 3.38. The molecule has 1 aromatic carbocycles. The third-order valence-corrected chi connectivity index (χ3v) is 5.26. The number of hydrogen-bond donors (Lipinski definition) is 1. The molecular formula is C14H21NO5S. The first-order chi connectivity index (χ1) is 10.0. The molecule has 0 unspecified atom stereocenters. The second kappa shape index (κ2) is 7.22. The molecule has 0 amide bonds. The van der Waals surface area contributed by atoms with E-state index in [-0.39, 0.29) is 11.4 Å². The largest absolute Gasteiger partial charge is 0.491 e. The number of sulfonamides is 1. The van der Waals surface area contributed by atoms with E-state index < -0.39 is 16.1 Å². The quantitative estimate of drug-likeness (QED) is 0.788. The van der Waals surface area contributed by atoms with Gasteiger partial charge in [-0.05, 0) is 37.1 Å². The molecule has 1 atom stereocenters. The van der Waals surface area contributed by atoms with Gasteiger partial charge in [0.25, 0.3) is 0 Å².